The predicted octanol–water partition coefficient (Wildman–Crippen LogP) is 4.02. The molecule has 0 saturated carbocycles. The van der Waals surface area contributed by atoms with Crippen LogP contribution in [0.5, 0.6) is 0 Å². The van der Waals surface area contributed by atoms with Crippen molar-refractivity contribution in [3.63, 3.8) is 0 Å². The SMILES string of the molecule is O=C(Nc1cccc(C(F)(F)F)c1)Nc1ccc(Cl)c(S(=O)(=O)N2CCOCC2)c1. The molecule has 2 aromatic carbocycles. The summed E-state index contributed by atoms with van der Waals surface area (Å²) in [5, 5.41) is 4.65. The highest BCUT2D eigenvalue weighted by atomic mass is 35.5. The number of amides is 2. The van der Waals surface area contributed by atoms with Crippen molar-refractivity contribution in [2.45, 2.75) is 11.1 Å². The third kappa shape index (κ3) is 5.22. The van der Waals surface area contributed by atoms with E-state index in [4.69, 9.17) is 16.3 Å². The number of hydrogen-bond donors (Lipinski definition) is 2. The van der Waals surface area contributed by atoms with Crippen molar-refractivity contribution in [1.82, 2.24) is 4.31 Å². The summed E-state index contributed by atoms with van der Waals surface area (Å²) in [5.41, 5.74) is -0.876. The molecule has 0 aromatic heterocycles. The number of nitrogens with zero attached hydrogens (tertiary/aromatic N) is 1. The van der Waals surface area contributed by atoms with Gasteiger partial charge in [0.05, 0.1) is 23.8 Å². The molecule has 162 valence electrons. The third-order valence-electron chi connectivity index (χ3n) is 4.22. The van der Waals surface area contributed by atoms with Crippen LogP contribution in [0.25, 0.3) is 0 Å². The lowest BCUT2D eigenvalue weighted by molar-refractivity contribution is -0.137. The van der Waals surface area contributed by atoms with Crippen molar-refractivity contribution in [1.29, 1.82) is 0 Å². The molecule has 0 spiro atoms. The zero-order chi connectivity index (χ0) is 21.9. The molecule has 2 amide bonds. The molecule has 0 radical (unpaired) electrons. The van der Waals surface area contributed by atoms with Gasteiger partial charge in [0, 0.05) is 24.5 Å². The van der Waals surface area contributed by atoms with Gasteiger partial charge in [-0.25, -0.2) is 13.2 Å². The number of carbonyl (C=O) groups excluding carboxylic acids is 1. The molecule has 3 rings (SSSR count). The zero-order valence-corrected chi connectivity index (χ0v) is 16.9. The molecule has 2 aromatic rings. The van der Waals surface area contributed by atoms with E-state index in [2.05, 4.69) is 10.6 Å². The Morgan fingerprint density at radius 1 is 1.03 bits per heavy atom. The summed E-state index contributed by atoms with van der Waals surface area (Å²) in [6, 6.07) is 7.17. The highest BCUT2D eigenvalue weighted by molar-refractivity contribution is 7.89. The lowest BCUT2D eigenvalue weighted by atomic mass is 10.2. The fourth-order valence-corrected chi connectivity index (χ4v) is 4.68. The number of nitrogens with one attached hydrogen (secondary N) is 2. The molecule has 0 unspecified atom stereocenters. The Labute approximate surface area is 175 Å². The molecular formula is C18H17ClF3N3O4S. The number of morpholine rings is 1. The van der Waals surface area contributed by atoms with Crippen molar-refractivity contribution >= 4 is 39.0 Å². The topological polar surface area (TPSA) is 87.7 Å². The number of sulfonamides is 1. The first-order chi connectivity index (χ1) is 14.1. The summed E-state index contributed by atoms with van der Waals surface area (Å²) in [6.07, 6.45) is -4.55. The standard InChI is InChI=1S/C18H17ClF3N3O4S/c19-15-5-4-14(11-16(15)30(27,28)25-6-8-29-9-7-25)24-17(26)23-13-3-1-2-12(10-13)18(20,21)22/h1-5,10-11H,6-9H2,(H2,23,24,26). The van der Waals surface area contributed by atoms with Crippen LogP contribution >= 0.6 is 11.6 Å². The molecule has 0 bridgehead atoms. The van der Waals surface area contributed by atoms with Crippen LogP contribution in [0.15, 0.2) is 47.4 Å². The molecule has 1 aliphatic rings. The van der Waals surface area contributed by atoms with E-state index in [0.29, 0.717) is 0 Å². The van der Waals surface area contributed by atoms with Crippen molar-refractivity contribution in [3.8, 4) is 0 Å². The van der Waals surface area contributed by atoms with Gasteiger partial charge in [-0.05, 0) is 36.4 Å². The maximum atomic E-state index is 12.8. The van der Waals surface area contributed by atoms with E-state index in [9.17, 15) is 26.4 Å². The number of carbonyl (C=O) groups is 1. The minimum absolute atomic E-state index is 0.0228. The molecule has 0 aliphatic carbocycles. The number of hydrogen-bond acceptors (Lipinski definition) is 4. The average Bonchev–Trinajstić information content (AvgIpc) is 2.69. The van der Waals surface area contributed by atoms with Gasteiger partial charge < -0.3 is 15.4 Å². The van der Waals surface area contributed by atoms with Crippen LogP contribution in [-0.4, -0.2) is 45.1 Å². The molecule has 1 saturated heterocycles. The van der Waals surface area contributed by atoms with Gasteiger partial charge in [0.1, 0.15) is 4.90 Å². The van der Waals surface area contributed by atoms with E-state index in [1.54, 1.807) is 0 Å². The van der Waals surface area contributed by atoms with E-state index in [1.807, 2.05) is 0 Å². The quantitative estimate of drug-likeness (QED) is 0.716. The summed E-state index contributed by atoms with van der Waals surface area (Å²) in [5.74, 6) is 0. The van der Waals surface area contributed by atoms with Crippen LogP contribution in [0.2, 0.25) is 5.02 Å². The van der Waals surface area contributed by atoms with E-state index >= 15 is 0 Å². The summed E-state index contributed by atoms with van der Waals surface area (Å²) in [4.78, 5) is 12.0. The molecule has 1 aliphatic heterocycles. The minimum Gasteiger partial charge on any atom is -0.379 e. The first kappa shape index (κ1) is 22.3. The van der Waals surface area contributed by atoms with E-state index in [1.165, 1.54) is 28.6 Å². The lowest BCUT2D eigenvalue weighted by Crippen LogP contribution is -2.40. The van der Waals surface area contributed by atoms with Gasteiger partial charge in [0.15, 0.2) is 0 Å². The molecule has 2 N–H and O–H groups in total. The van der Waals surface area contributed by atoms with Crippen LogP contribution in [0, 0.1) is 0 Å². The summed E-state index contributed by atoms with van der Waals surface area (Å²) in [7, 11) is -3.91. The Kier molecular flexibility index (Phi) is 6.56. The highest BCUT2D eigenvalue weighted by Crippen LogP contribution is 2.31. The molecule has 1 fully saturated rings. The minimum atomic E-state index is -4.55. The maximum Gasteiger partial charge on any atom is 0.416 e. The number of benzene rings is 2. The second-order valence-electron chi connectivity index (χ2n) is 6.32. The van der Waals surface area contributed by atoms with Crippen LogP contribution in [0.1, 0.15) is 5.56 Å². The summed E-state index contributed by atoms with van der Waals surface area (Å²) in [6.45, 7) is 0.862. The van der Waals surface area contributed by atoms with E-state index in [-0.39, 0.29) is 47.6 Å². The Hall–Kier alpha value is -2.34. The molecule has 30 heavy (non-hydrogen) atoms. The highest BCUT2D eigenvalue weighted by Gasteiger charge is 2.31. The molecule has 12 heteroatoms. The van der Waals surface area contributed by atoms with Gasteiger partial charge in [-0.3, -0.25) is 0 Å². The van der Waals surface area contributed by atoms with Crippen molar-refractivity contribution in [2.75, 3.05) is 36.9 Å². The Morgan fingerprint density at radius 3 is 2.30 bits per heavy atom. The summed E-state index contributed by atoms with van der Waals surface area (Å²) < 4.78 is 70.4. The fraction of sp³-hybridized carbons (Fsp3) is 0.278. The number of halogens is 4. The van der Waals surface area contributed by atoms with Gasteiger partial charge in [0.2, 0.25) is 10.0 Å². The first-order valence-corrected chi connectivity index (χ1v) is 10.5. The number of alkyl halides is 3. The smallest absolute Gasteiger partial charge is 0.379 e. The third-order valence-corrected chi connectivity index (χ3v) is 6.60. The average molecular weight is 464 g/mol. The van der Waals surface area contributed by atoms with Crippen LogP contribution < -0.4 is 10.6 Å². The Bertz CT molecular complexity index is 1040. The van der Waals surface area contributed by atoms with Gasteiger partial charge in [-0.2, -0.15) is 17.5 Å². The van der Waals surface area contributed by atoms with Gasteiger partial charge >= 0.3 is 12.2 Å². The Morgan fingerprint density at radius 2 is 1.67 bits per heavy atom. The second-order valence-corrected chi connectivity index (χ2v) is 8.63. The molecule has 7 nitrogen and oxygen atoms in total. The van der Waals surface area contributed by atoms with Crippen molar-refractivity contribution < 1.29 is 31.1 Å². The van der Waals surface area contributed by atoms with Gasteiger partial charge in [-0.15, -0.1) is 0 Å². The monoisotopic (exact) mass is 463 g/mol. The zero-order valence-electron chi connectivity index (χ0n) is 15.4. The predicted molar refractivity (Wildman–Crippen MR) is 105 cm³/mol. The van der Waals surface area contributed by atoms with Gasteiger partial charge in [0.25, 0.3) is 0 Å². The molecule has 1 heterocycles. The maximum absolute atomic E-state index is 12.8. The number of urea groups is 1. The van der Waals surface area contributed by atoms with Crippen molar-refractivity contribution in [3.05, 3.63) is 53.1 Å². The number of ether oxygens (including phenoxy) is 1. The number of rotatable bonds is 4. The summed E-state index contributed by atoms with van der Waals surface area (Å²) >= 11 is 6.05. The van der Waals surface area contributed by atoms with E-state index in [0.717, 1.165) is 18.2 Å². The van der Waals surface area contributed by atoms with Crippen LogP contribution in [0.3, 0.4) is 0 Å². The Balaban J connectivity index is 1.76. The molecular weight excluding hydrogens is 447 g/mol. The number of anilines is 2. The molecule has 0 atom stereocenters. The normalized spacial score (nSPS) is 15.6. The second kappa shape index (κ2) is 8.80. The van der Waals surface area contributed by atoms with Crippen molar-refractivity contribution in [2.24, 2.45) is 0 Å². The van der Waals surface area contributed by atoms with Crippen LogP contribution in [0.4, 0.5) is 29.3 Å². The fourth-order valence-electron chi connectivity index (χ4n) is 2.77. The lowest BCUT2D eigenvalue weighted by Gasteiger charge is -2.26. The first-order valence-electron chi connectivity index (χ1n) is 8.70. The van der Waals surface area contributed by atoms with E-state index < -0.39 is 27.8 Å². The van der Waals surface area contributed by atoms with Gasteiger partial charge in [-0.1, -0.05) is 17.7 Å². The van der Waals surface area contributed by atoms with Crippen LogP contribution in [-0.2, 0) is 20.9 Å². The largest absolute Gasteiger partial charge is 0.416 e.